The van der Waals surface area contributed by atoms with Crippen molar-refractivity contribution < 1.29 is 18.5 Å². The molecule has 1 aromatic carbocycles. The normalized spacial score (nSPS) is 17.4. The molecule has 0 bridgehead atoms. The maximum absolute atomic E-state index is 13.3. The summed E-state index contributed by atoms with van der Waals surface area (Å²) in [6.45, 7) is 2.00. The number of aromatic nitrogens is 1. The highest BCUT2D eigenvalue weighted by molar-refractivity contribution is 5.97. The third-order valence-electron chi connectivity index (χ3n) is 3.45. The van der Waals surface area contributed by atoms with Gasteiger partial charge in [0.2, 0.25) is 5.91 Å². The smallest absolute Gasteiger partial charge is 0.320 e. The van der Waals surface area contributed by atoms with Crippen LogP contribution in [0.3, 0.4) is 0 Å². The number of aryl methyl sites for hydroxylation is 1. The zero-order chi connectivity index (χ0) is 16.4. The summed E-state index contributed by atoms with van der Waals surface area (Å²) in [7, 11) is 0. The average molecular weight is 318 g/mol. The third kappa shape index (κ3) is 3.47. The van der Waals surface area contributed by atoms with Gasteiger partial charge in [0.05, 0.1) is 6.04 Å². The van der Waals surface area contributed by atoms with Crippen LogP contribution in [0.1, 0.15) is 12.2 Å². The van der Waals surface area contributed by atoms with Crippen LogP contribution in [-0.4, -0.2) is 29.7 Å². The van der Waals surface area contributed by atoms with Gasteiger partial charge in [-0.2, -0.15) is 0 Å². The summed E-state index contributed by atoms with van der Waals surface area (Å²) in [6.07, 6.45) is 0.155. The minimum absolute atomic E-state index is 0.155. The molecule has 23 heavy (non-hydrogen) atoms. The van der Waals surface area contributed by atoms with Gasteiger partial charge in [-0.25, -0.2) is 9.18 Å². The number of hydrogen-bond donors (Lipinski definition) is 2. The number of anilines is 2. The summed E-state index contributed by atoms with van der Waals surface area (Å²) < 4.78 is 18.1. The SMILES string of the molecule is Cc1cc(NC(=O)NC2CC(=O)N(c3cccc(F)c3)C2)no1. The molecule has 2 heterocycles. The van der Waals surface area contributed by atoms with Crippen molar-refractivity contribution in [3.63, 3.8) is 0 Å². The van der Waals surface area contributed by atoms with E-state index in [9.17, 15) is 14.0 Å². The van der Waals surface area contributed by atoms with Crippen LogP contribution in [0.4, 0.5) is 20.7 Å². The lowest BCUT2D eigenvalue weighted by Gasteiger charge is -2.17. The molecule has 0 aliphatic carbocycles. The number of amides is 3. The number of hydrogen-bond acceptors (Lipinski definition) is 4. The van der Waals surface area contributed by atoms with E-state index < -0.39 is 11.8 Å². The van der Waals surface area contributed by atoms with Gasteiger partial charge < -0.3 is 14.7 Å². The Labute approximate surface area is 131 Å². The summed E-state index contributed by atoms with van der Waals surface area (Å²) >= 11 is 0. The Morgan fingerprint density at radius 3 is 2.96 bits per heavy atom. The second-order valence-electron chi connectivity index (χ2n) is 5.31. The summed E-state index contributed by atoms with van der Waals surface area (Å²) in [6, 6.07) is 6.54. The maximum Gasteiger partial charge on any atom is 0.320 e. The largest absolute Gasteiger partial charge is 0.360 e. The zero-order valence-electron chi connectivity index (χ0n) is 12.4. The first-order valence-corrected chi connectivity index (χ1v) is 7.08. The molecular formula is C15H15FN4O3. The number of halogens is 1. The van der Waals surface area contributed by atoms with Gasteiger partial charge >= 0.3 is 6.03 Å². The van der Waals surface area contributed by atoms with Gasteiger partial charge in [-0.3, -0.25) is 10.1 Å². The van der Waals surface area contributed by atoms with Gasteiger partial charge in [-0.05, 0) is 25.1 Å². The Morgan fingerprint density at radius 2 is 2.26 bits per heavy atom. The van der Waals surface area contributed by atoms with Crippen LogP contribution in [0.25, 0.3) is 0 Å². The highest BCUT2D eigenvalue weighted by Gasteiger charge is 2.31. The number of rotatable bonds is 3. The molecule has 1 fully saturated rings. The van der Waals surface area contributed by atoms with Crippen molar-refractivity contribution in [2.75, 3.05) is 16.8 Å². The lowest BCUT2D eigenvalue weighted by molar-refractivity contribution is -0.117. The molecule has 3 rings (SSSR count). The topological polar surface area (TPSA) is 87.5 Å². The van der Waals surface area contributed by atoms with E-state index in [-0.39, 0.29) is 24.9 Å². The van der Waals surface area contributed by atoms with Gasteiger partial charge in [-0.15, -0.1) is 0 Å². The fourth-order valence-corrected chi connectivity index (χ4v) is 2.46. The van der Waals surface area contributed by atoms with Crippen molar-refractivity contribution >= 4 is 23.4 Å². The summed E-state index contributed by atoms with van der Waals surface area (Å²) in [5.74, 6) is 0.295. The molecule has 8 heteroatoms. The van der Waals surface area contributed by atoms with E-state index in [1.165, 1.54) is 23.1 Å². The molecular weight excluding hydrogens is 303 g/mol. The lowest BCUT2D eigenvalue weighted by Crippen LogP contribution is -2.39. The van der Waals surface area contributed by atoms with Crippen LogP contribution in [0, 0.1) is 12.7 Å². The summed E-state index contributed by atoms with van der Waals surface area (Å²) in [5.41, 5.74) is 0.479. The van der Waals surface area contributed by atoms with Crippen LogP contribution < -0.4 is 15.5 Å². The van der Waals surface area contributed by atoms with Crippen LogP contribution >= 0.6 is 0 Å². The Bertz CT molecular complexity index is 746. The fourth-order valence-electron chi connectivity index (χ4n) is 2.46. The van der Waals surface area contributed by atoms with Gasteiger partial charge in [0.15, 0.2) is 5.82 Å². The highest BCUT2D eigenvalue weighted by Crippen LogP contribution is 2.22. The van der Waals surface area contributed by atoms with Gasteiger partial charge in [-0.1, -0.05) is 11.2 Å². The van der Waals surface area contributed by atoms with Crippen molar-refractivity contribution in [1.82, 2.24) is 10.5 Å². The number of nitrogens with one attached hydrogen (secondary N) is 2. The lowest BCUT2D eigenvalue weighted by atomic mass is 10.2. The van der Waals surface area contributed by atoms with Crippen molar-refractivity contribution in [1.29, 1.82) is 0 Å². The number of nitrogens with zero attached hydrogens (tertiary/aromatic N) is 2. The van der Waals surface area contributed by atoms with Crippen molar-refractivity contribution in [2.24, 2.45) is 0 Å². The molecule has 0 saturated carbocycles. The molecule has 1 aliphatic heterocycles. The molecule has 1 unspecified atom stereocenters. The number of carbonyl (C=O) groups excluding carboxylic acids is 2. The number of urea groups is 1. The Balaban J connectivity index is 1.60. The Kier molecular flexibility index (Phi) is 3.96. The minimum Gasteiger partial charge on any atom is -0.360 e. The molecule has 1 atom stereocenters. The van der Waals surface area contributed by atoms with E-state index in [0.717, 1.165) is 0 Å². The molecule has 2 N–H and O–H groups in total. The average Bonchev–Trinajstić information content (AvgIpc) is 3.04. The first-order valence-electron chi connectivity index (χ1n) is 7.08. The second-order valence-corrected chi connectivity index (χ2v) is 5.31. The molecule has 2 aromatic rings. The van der Waals surface area contributed by atoms with Gasteiger partial charge in [0.25, 0.3) is 0 Å². The Morgan fingerprint density at radius 1 is 1.43 bits per heavy atom. The van der Waals surface area contributed by atoms with Gasteiger partial charge in [0, 0.05) is 24.7 Å². The predicted octanol–water partition coefficient (Wildman–Crippen LogP) is 2.05. The monoisotopic (exact) mass is 318 g/mol. The van der Waals surface area contributed by atoms with Crippen LogP contribution in [0.2, 0.25) is 0 Å². The van der Waals surface area contributed by atoms with Crippen molar-refractivity contribution in [2.45, 2.75) is 19.4 Å². The summed E-state index contributed by atoms with van der Waals surface area (Å²) in [4.78, 5) is 25.4. The molecule has 0 spiro atoms. The maximum atomic E-state index is 13.3. The molecule has 7 nitrogen and oxygen atoms in total. The molecule has 1 saturated heterocycles. The standard InChI is InChI=1S/C15H15FN4O3/c1-9-5-13(19-23-9)18-15(22)17-11-7-14(21)20(8-11)12-4-2-3-10(16)6-12/h2-6,11H,7-8H2,1H3,(H2,17,18,19,22). The van der Waals surface area contributed by atoms with E-state index >= 15 is 0 Å². The number of benzene rings is 1. The van der Waals surface area contributed by atoms with Gasteiger partial charge in [0.1, 0.15) is 11.6 Å². The molecule has 1 aliphatic rings. The van der Waals surface area contributed by atoms with E-state index in [2.05, 4.69) is 15.8 Å². The minimum atomic E-state index is -0.475. The quantitative estimate of drug-likeness (QED) is 0.906. The van der Waals surface area contributed by atoms with E-state index in [4.69, 9.17) is 4.52 Å². The molecule has 120 valence electrons. The fraction of sp³-hybridized carbons (Fsp3) is 0.267. The van der Waals surface area contributed by atoms with E-state index in [1.54, 1.807) is 19.1 Å². The van der Waals surface area contributed by atoms with Crippen LogP contribution in [-0.2, 0) is 4.79 Å². The van der Waals surface area contributed by atoms with Crippen LogP contribution in [0.15, 0.2) is 34.9 Å². The summed E-state index contributed by atoms with van der Waals surface area (Å²) in [5, 5.41) is 8.87. The predicted molar refractivity (Wildman–Crippen MR) is 80.6 cm³/mol. The second kappa shape index (κ2) is 6.07. The zero-order valence-corrected chi connectivity index (χ0v) is 12.4. The molecule has 1 aromatic heterocycles. The molecule has 0 radical (unpaired) electrons. The van der Waals surface area contributed by atoms with Crippen molar-refractivity contribution in [3.05, 3.63) is 41.9 Å². The Hall–Kier alpha value is -2.90. The molecule has 3 amide bonds. The first-order chi connectivity index (χ1) is 11.0. The highest BCUT2D eigenvalue weighted by atomic mass is 19.1. The first kappa shape index (κ1) is 15.0. The van der Waals surface area contributed by atoms with Crippen LogP contribution in [0.5, 0.6) is 0 Å². The van der Waals surface area contributed by atoms with E-state index in [0.29, 0.717) is 17.3 Å². The van der Waals surface area contributed by atoms with Crippen molar-refractivity contribution in [3.8, 4) is 0 Å². The third-order valence-corrected chi connectivity index (χ3v) is 3.45. The van der Waals surface area contributed by atoms with E-state index in [1.807, 2.05) is 0 Å². The number of carbonyl (C=O) groups is 2.